The molecule has 36 heavy (non-hydrogen) atoms. The third kappa shape index (κ3) is 4.05. The molecule has 188 valence electrons. The molecule has 6 nitrogen and oxygen atoms in total. The number of Topliss-reactive ketones (excluding diaryl/α,β-unsaturated/α-hetero) is 1. The van der Waals surface area contributed by atoms with Crippen molar-refractivity contribution < 1.29 is 19.2 Å². The number of aryl methyl sites for hydroxylation is 2. The maximum absolute atomic E-state index is 13.8. The molecule has 2 aliphatic carbocycles. The Kier molecular flexibility index (Phi) is 6.86. The van der Waals surface area contributed by atoms with Gasteiger partial charge in [0.25, 0.3) is 17.7 Å². The Labute approximate surface area is 235 Å². The predicted octanol–water partition coefficient (Wildman–Crippen LogP) is 5.63. The summed E-state index contributed by atoms with van der Waals surface area (Å²) in [6.45, 7) is 3.34. The molecule has 2 saturated carbocycles. The van der Waals surface area contributed by atoms with Gasteiger partial charge in [-0.05, 0) is 67.5 Å². The van der Waals surface area contributed by atoms with Crippen molar-refractivity contribution in [1.29, 1.82) is 0 Å². The van der Waals surface area contributed by atoms with Crippen LogP contribution in [0.1, 0.15) is 38.3 Å². The maximum Gasteiger partial charge on any atom is 0.274 e. The van der Waals surface area contributed by atoms with Gasteiger partial charge >= 0.3 is 0 Å². The van der Waals surface area contributed by atoms with E-state index >= 15 is 0 Å². The summed E-state index contributed by atoms with van der Waals surface area (Å²) < 4.78 is 0. The summed E-state index contributed by atoms with van der Waals surface area (Å²) in [7, 11) is 0. The summed E-state index contributed by atoms with van der Waals surface area (Å²) in [5.41, 5.74) is 2.38. The van der Waals surface area contributed by atoms with Gasteiger partial charge in [0.05, 0.1) is 22.4 Å². The molecule has 1 saturated heterocycles. The van der Waals surface area contributed by atoms with Crippen LogP contribution in [0.5, 0.6) is 0 Å². The monoisotopic (exact) mass is 654 g/mol. The number of rotatable bonds is 5. The summed E-state index contributed by atoms with van der Waals surface area (Å²) in [6, 6.07) is 9.58. The van der Waals surface area contributed by atoms with Gasteiger partial charge in [0.1, 0.15) is 6.54 Å². The lowest BCUT2D eigenvalue weighted by Gasteiger charge is -2.31. The molecule has 0 radical (unpaired) electrons. The van der Waals surface area contributed by atoms with Gasteiger partial charge in [-0.15, -0.1) is 0 Å². The summed E-state index contributed by atoms with van der Waals surface area (Å²) in [5, 5.41) is 2.25. The SMILES string of the molecule is Cc1ccc(C(=O)CN(C(=O)c2ccc(Cl)cc2Cl)N2C(=O)[C@@H]3[C@H]4C[C@@H]([C@@H](Br)[C@H]4Br)[C@H]3C2=O)cc1C. The number of halogens is 4. The molecular weight excluding hydrogens is 635 g/mol. The first-order valence-corrected chi connectivity index (χ1v) is 14.1. The molecule has 0 N–H and O–H groups in total. The molecule has 1 heterocycles. The summed E-state index contributed by atoms with van der Waals surface area (Å²) >= 11 is 19.7. The first kappa shape index (κ1) is 25.9. The molecular formula is C26H22Br2Cl2N2O4. The van der Waals surface area contributed by atoms with Crippen LogP contribution in [0.15, 0.2) is 36.4 Å². The Morgan fingerprint density at radius 2 is 1.56 bits per heavy atom. The van der Waals surface area contributed by atoms with Crippen molar-refractivity contribution in [2.45, 2.75) is 29.9 Å². The summed E-state index contributed by atoms with van der Waals surface area (Å²) in [6.07, 6.45) is 0.755. The second kappa shape index (κ2) is 9.53. The standard InChI is InChI=1S/C26H22Br2Cl2N2O4/c1-11-3-4-13(7-12(11)2)19(33)10-31(24(34)15-6-5-14(29)8-18(15)30)32-25(35)20-16-9-17(21(20)26(32)36)23(28)22(16)27/h3-8,16-17,20-23H,9-10H2,1-2H3/t16-,17-,20-,21-,22-,23+/m1/s1. The van der Waals surface area contributed by atoms with Crippen LogP contribution in [0.4, 0.5) is 0 Å². The average molecular weight is 657 g/mol. The fourth-order valence-electron chi connectivity index (χ4n) is 5.75. The van der Waals surface area contributed by atoms with E-state index in [9.17, 15) is 19.2 Å². The fourth-order valence-corrected chi connectivity index (χ4v) is 8.11. The molecule has 6 atom stereocenters. The average Bonchev–Trinajstić information content (AvgIpc) is 3.44. The van der Waals surface area contributed by atoms with E-state index in [1.165, 1.54) is 18.2 Å². The van der Waals surface area contributed by atoms with Crippen molar-refractivity contribution in [3.63, 3.8) is 0 Å². The number of hydrogen-bond donors (Lipinski definition) is 0. The second-order valence-corrected chi connectivity index (χ2v) is 12.7. The Balaban J connectivity index is 1.53. The Hall–Kier alpha value is -1.74. The minimum atomic E-state index is -0.714. The highest BCUT2D eigenvalue weighted by molar-refractivity contribution is 9.12. The van der Waals surface area contributed by atoms with Crippen molar-refractivity contribution in [2.75, 3.05) is 6.54 Å². The van der Waals surface area contributed by atoms with Crippen LogP contribution in [0.25, 0.3) is 0 Å². The van der Waals surface area contributed by atoms with Gasteiger partial charge in [0.2, 0.25) is 0 Å². The van der Waals surface area contributed by atoms with E-state index in [0.717, 1.165) is 27.6 Å². The minimum Gasteiger partial charge on any atom is -0.292 e. The number of alkyl halides is 2. The van der Waals surface area contributed by atoms with Crippen molar-refractivity contribution in [2.24, 2.45) is 23.7 Å². The number of ketones is 1. The van der Waals surface area contributed by atoms with Gasteiger partial charge in [-0.25, -0.2) is 5.01 Å². The van der Waals surface area contributed by atoms with E-state index < -0.39 is 41.9 Å². The Morgan fingerprint density at radius 1 is 0.944 bits per heavy atom. The van der Waals surface area contributed by atoms with Gasteiger partial charge in [-0.1, -0.05) is 67.2 Å². The zero-order valence-corrected chi connectivity index (χ0v) is 24.1. The number of hydrazine groups is 1. The molecule has 0 spiro atoms. The number of fused-ring (bicyclic) bond motifs is 5. The summed E-state index contributed by atoms with van der Waals surface area (Å²) in [5.74, 6) is -3.14. The van der Waals surface area contributed by atoms with Crippen LogP contribution >= 0.6 is 55.1 Å². The first-order valence-electron chi connectivity index (χ1n) is 11.5. The molecule has 3 aliphatic rings. The van der Waals surface area contributed by atoms with Gasteiger partial charge in [0, 0.05) is 20.2 Å². The third-order valence-electron chi connectivity index (χ3n) is 7.72. The van der Waals surface area contributed by atoms with Gasteiger partial charge in [-0.3, -0.25) is 19.2 Å². The lowest BCUT2D eigenvalue weighted by molar-refractivity contribution is -0.154. The van der Waals surface area contributed by atoms with Crippen LogP contribution in [0.2, 0.25) is 10.0 Å². The summed E-state index contributed by atoms with van der Waals surface area (Å²) in [4.78, 5) is 54.6. The van der Waals surface area contributed by atoms with Gasteiger partial charge in [0.15, 0.2) is 5.78 Å². The molecule has 0 aromatic heterocycles. The van der Waals surface area contributed by atoms with E-state index in [-0.39, 0.29) is 32.1 Å². The lowest BCUT2D eigenvalue weighted by atomic mass is 9.81. The number of carbonyl (C=O) groups is 4. The highest BCUT2D eigenvalue weighted by Gasteiger charge is 2.67. The highest BCUT2D eigenvalue weighted by atomic mass is 79.9. The van der Waals surface area contributed by atoms with Crippen LogP contribution in [-0.4, -0.2) is 49.7 Å². The van der Waals surface area contributed by atoms with E-state index in [2.05, 4.69) is 31.9 Å². The number of carbonyl (C=O) groups excluding carboxylic acids is 4. The first-order chi connectivity index (χ1) is 17.0. The normalized spacial score (nSPS) is 28.6. The maximum atomic E-state index is 13.8. The number of nitrogens with zero attached hydrogens (tertiary/aromatic N) is 2. The third-order valence-corrected chi connectivity index (χ3v) is 11.5. The van der Waals surface area contributed by atoms with Crippen molar-refractivity contribution in [3.05, 3.63) is 68.7 Å². The number of hydrogen-bond acceptors (Lipinski definition) is 4. The molecule has 3 fully saturated rings. The van der Waals surface area contributed by atoms with Gasteiger partial charge < -0.3 is 0 Å². The molecule has 10 heteroatoms. The van der Waals surface area contributed by atoms with E-state index in [1.807, 2.05) is 19.9 Å². The quantitative estimate of drug-likeness (QED) is 0.238. The molecule has 2 aromatic carbocycles. The molecule has 3 amide bonds. The molecule has 2 aromatic rings. The smallest absolute Gasteiger partial charge is 0.274 e. The number of benzene rings is 2. The van der Waals surface area contributed by atoms with Crippen LogP contribution < -0.4 is 0 Å². The van der Waals surface area contributed by atoms with Crippen LogP contribution in [-0.2, 0) is 9.59 Å². The zero-order valence-electron chi connectivity index (χ0n) is 19.4. The zero-order chi connectivity index (χ0) is 26.0. The van der Waals surface area contributed by atoms with E-state index in [0.29, 0.717) is 10.6 Å². The van der Waals surface area contributed by atoms with Crippen molar-refractivity contribution in [3.8, 4) is 0 Å². The minimum absolute atomic E-state index is 0.0302. The van der Waals surface area contributed by atoms with Crippen molar-refractivity contribution >= 4 is 78.6 Å². The number of imide groups is 1. The van der Waals surface area contributed by atoms with Crippen LogP contribution in [0, 0.1) is 37.5 Å². The van der Waals surface area contributed by atoms with E-state index in [1.54, 1.807) is 12.1 Å². The molecule has 1 aliphatic heterocycles. The fraction of sp³-hybridized carbons (Fsp3) is 0.385. The van der Waals surface area contributed by atoms with Gasteiger partial charge in [-0.2, -0.15) is 5.01 Å². The van der Waals surface area contributed by atoms with Crippen LogP contribution in [0.3, 0.4) is 0 Å². The second-order valence-electron chi connectivity index (χ2n) is 9.70. The molecule has 0 unspecified atom stereocenters. The molecule has 5 rings (SSSR count). The van der Waals surface area contributed by atoms with Crippen molar-refractivity contribution in [1.82, 2.24) is 10.0 Å². The largest absolute Gasteiger partial charge is 0.292 e. The molecule has 2 bridgehead atoms. The predicted molar refractivity (Wildman–Crippen MR) is 144 cm³/mol. The topological polar surface area (TPSA) is 74.8 Å². The van der Waals surface area contributed by atoms with E-state index in [4.69, 9.17) is 23.2 Å². The Morgan fingerprint density at radius 3 is 2.11 bits per heavy atom. The lowest BCUT2D eigenvalue weighted by Crippen LogP contribution is -2.52. The Bertz CT molecular complexity index is 1290. The number of amides is 3. The highest BCUT2D eigenvalue weighted by Crippen LogP contribution is 2.60.